The Balaban J connectivity index is 1.76. The molecule has 1 aliphatic carbocycles. The van der Waals surface area contributed by atoms with Crippen molar-refractivity contribution in [3.05, 3.63) is 30.0 Å². The highest BCUT2D eigenvalue weighted by Gasteiger charge is 2.28. The minimum absolute atomic E-state index is 0.0919. The van der Waals surface area contributed by atoms with E-state index in [1.807, 2.05) is 31.3 Å². The summed E-state index contributed by atoms with van der Waals surface area (Å²) in [5, 5.41) is 15.7. The summed E-state index contributed by atoms with van der Waals surface area (Å²) in [5.41, 5.74) is 1.79. The largest absolute Gasteiger partial charge is 0.385 e. The van der Waals surface area contributed by atoms with Crippen LogP contribution < -0.4 is 0 Å². The SMILES string of the molecule is Cn1nc(CC(=O)C(O)C2CCCCC2)c2ccccc21. The molecule has 2 aromatic rings. The van der Waals surface area contributed by atoms with Gasteiger partial charge in [-0.05, 0) is 24.8 Å². The molecule has 1 unspecified atom stereocenters. The molecule has 1 heterocycles. The van der Waals surface area contributed by atoms with Gasteiger partial charge in [-0.2, -0.15) is 5.10 Å². The van der Waals surface area contributed by atoms with E-state index in [1.54, 1.807) is 4.68 Å². The van der Waals surface area contributed by atoms with Crippen LogP contribution in [0.25, 0.3) is 10.9 Å². The molecule has 1 saturated carbocycles. The number of nitrogens with zero attached hydrogens (tertiary/aromatic N) is 2. The topological polar surface area (TPSA) is 55.1 Å². The second kappa shape index (κ2) is 5.98. The quantitative estimate of drug-likeness (QED) is 0.940. The van der Waals surface area contributed by atoms with Gasteiger partial charge in [0, 0.05) is 12.4 Å². The van der Waals surface area contributed by atoms with Gasteiger partial charge in [-0.1, -0.05) is 37.5 Å². The van der Waals surface area contributed by atoms with Crippen molar-refractivity contribution in [2.75, 3.05) is 0 Å². The fourth-order valence-corrected chi connectivity index (χ4v) is 3.40. The van der Waals surface area contributed by atoms with Crippen LogP contribution in [-0.4, -0.2) is 26.8 Å². The number of rotatable bonds is 4. The zero-order valence-corrected chi connectivity index (χ0v) is 12.5. The van der Waals surface area contributed by atoms with Crippen molar-refractivity contribution < 1.29 is 9.90 Å². The molecule has 1 N–H and O–H groups in total. The zero-order chi connectivity index (χ0) is 14.8. The number of para-hydroxylation sites is 1. The van der Waals surface area contributed by atoms with Crippen LogP contribution in [0.1, 0.15) is 37.8 Å². The molecule has 0 aliphatic heterocycles. The molecule has 0 bridgehead atoms. The summed E-state index contributed by atoms with van der Waals surface area (Å²) in [7, 11) is 1.88. The molecule has 1 aromatic carbocycles. The summed E-state index contributed by atoms with van der Waals surface area (Å²) in [4.78, 5) is 12.4. The van der Waals surface area contributed by atoms with Gasteiger partial charge in [-0.25, -0.2) is 0 Å². The van der Waals surface area contributed by atoms with Gasteiger partial charge >= 0.3 is 0 Å². The van der Waals surface area contributed by atoms with Crippen LogP contribution >= 0.6 is 0 Å². The Kier molecular flexibility index (Phi) is 4.06. The molecule has 0 spiro atoms. The highest BCUT2D eigenvalue weighted by Crippen LogP contribution is 2.28. The average molecular weight is 286 g/mol. The fraction of sp³-hybridized carbons (Fsp3) is 0.529. The summed E-state index contributed by atoms with van der Waals surface area (Å²) in [6, 6.07) is 7.90. The van der Waals surface area contributed by atoms with Gasteiger partial charge in [-0.15, -0.1) is 0 Å². The number of aryl methyl sites for hydroxylation is 1. The van der Waals surface area contributed by atoms with Gasteiger partial charge in [0.1, 0.15) is 6.10 Å². The lowest BCUT2D eigenvalue weighted by atomic mass is 9.83. The molecule has 1 aromatic heterocycles. The van der Waals surface area contributed by atoms with E-state index in [4.69, 9.17) is 0 Å². The number of aliphatic hydroxyl groups is 1. The number of fused-ring (bicyclic) bond motifs is 1. The van der Waals surface area contributed by atoms with Crippen molar-refractivity contribution in [2.45, 2.75) is 44.6 Å². The number of Topliss-reactive ketones (excluding diaryl/α,β-unsaturated/α-hetero) is 1. The summed E-state index contributed by atoms with van der Waals surface area (Å²) >= 11 is 0. The third-order valence-electron chi connectivity index (χ3n) is 4.60. The number of carbonyl (C=O) groups is 1. The lowest BCUT2D eigenvalue weighted by Crippen LogP contribution is -2.32. The standard InChI is InChI=1S/C17H22N2O2/c1-19-15-10-6-5-9-13(15)14(18-19)11-16(20)17(21)12-7-3-2-4-8-12/h5-6,9-10,12,17,21H,2-4,7-8,11H2,1H3. The summed E-state index contributed by atoms with van der Waals surface area (Å²) in [5.74, 6) is 0.0481. The van der Waals surface area contributed by atoms with E-state index in [0.29, 0.717) is 0 Å². The molecule has 1 fully saturated rings. The first-order valence-corrected chi connectivity index (χ1v) is 7.78. The first-order chi connectivity index (χ1) is 10.2. The molecule has 3 rings (SSSR count). The molecule has 0 saturated heterocycles. The number of aliphatic hydroxyl groups excluding tert-OH is 1. The Morgan fingerprint density at radius 2 is 2.05 bits per heavy atom. The van der Waals surface area contributed by atoms with Gasteiger partial charge in [0.05, 0.1) is 17.6 Å². The minimum Gasteiger partial charge on any atom is -0.385 e. The van der Waals surface area contributed by atoms with Gasteiger partial charge in [0.25, 0.3) is 0 Å². The van der Waals surface area contributed by atoms with Gasteiger partial charge in [-0.3, -0.25) is 9.48 Å². The number of hydrogen-bond acceptors (Lipinski definition) is 3. The van der Waals surface area contributed by atoms with E-state index in [9.17, 15) is 9.90 Å². The predicted octanol–water partition coefficient (Wildman–Crippen LogP) is 2.63. The number of carbonyl (C=O) groups excluding carboxylic acids is 1. The lowest BCUT2D eigenvalue weighted by Gasteiger charge is -2.25. The first kappa shape index (κ1) is 14.3. The van der Waals surface area contributed by atoms with Gasteiger partial charge in [0.2, 0.25) is 0 Å². The van der Waals surface area contributed by atoms with E-state index in [-0.39, 0.29) is 18.1 Å². The van der Waals surface area contributed by atoms with Crippen molar-refractivity contribution in [1.82, 2.24) is 9.78 Å². The maximum atomic E-state index is 12.4. The lowest BCUT2D eigenvalue weighted by molar-refractivity contribution is -0.129. The van der Waals surface area contributed by atoms with E-state index in [0.717, 1.165) is 42.3 Å². The Bertz CT molecular complexity index is 641. The Hall–Kier alpha value is -1.68. The van der Waals surface area contributed by atoms with E-state index in [1.165, 1.54) is 6.42 Å². The van der Waals surface area contributed by atoms with Gasteiger partial charge < -0.3 is 5.11 Å². The Morgan fingerprint density at radius 3 is 2.81 bits per heavy atom. The highest BCUT2D eigenvalue weighted by molar-refractivity contribution is 5.90. The van der Waals surface area contributed by atoms with Crippen molar-refractivity contribution in [3.8, 4) is 0 Å². The molecule has 4 nitrogen and oxygen atoms in total. The molecule has 4 heteroatoms. The van der Waals surface area contributed by atoms with Crippen LogP contribution in [-0.2, 0) is 18.3 Å². The molecule has 21 heavy (non-hydrogen) atoms. The van der Waals surface area contributed by atoms with E-state index in [2.05, 4.69) is 5.10 Å². The van der Waals surface area contributed by atoms with Crippen molar-refractivity contribution in [2.24, 2.45) is 13.0 Å². The van der Waals surface area contributed by atoms with Crippen LogP contribution in [0.4, 0.5) is 0 Å². The van der Waals surface area contributed by atoms with E-state index >= 15 is 0 Å². The molecule has 112 valence electrons. The molecule has 1 atom stereocenters. The minimum atomic E-state index is -0.828. The molecule has 0 radical (unpaired) electrons. The number of hydrogen-bond donors (Lipinski definition) is 1. The second-order valence-corrected chi connectivity index (χ2v) is 6.07. The number of ketones is 1. The Labute approximate surface area is 124 Å². The van der Waals surface area contributed by atoms with Crippen LogP contribution in [0.15, 0.2) is 24.3 Å². The maximum absolute atomic E-state index is 12.4. The first-order valence-electron chi connectivity index (χ1n) is 7.78. The fourth-order valence-electron chi connectivity index (χ4n) is 3.40. The predicted molar refractivity (Wildman–Crippen MR) is 82.0 cm³/mol. The zero-order valence-electron chi connectivity index (χ0n) is 12.5. The van der Waals surface area contributed by atoms with E-state index < -0.39 is 6.10 Å². The third kappa shape index (κ3) is 2.86. The molecule has 1 aliphatic rings. The summed E-state index contributed by atoms with van der Waals surface area (Å²) in [6.07, 6.45) is 4.81. The van der Waals surface area contributed by atoms with Crippen molar-refractivity contribution in [1.29, 1.82) is 0 Å². The summed E-state index contributed by atoms with van der Waals surface area (Å²) < 4.78 is 1.80. The van der Waals surface area contributed by atoms with Crippen LogP contribution in [0.5, 0.6) is 0 Å². The second-order valence-electron chi connectivity index (χ2n) is 6.07. The average Bonchev–Trinajstić information content (AvgIpc) is 2.84. The van der Waals surface area contributed by atoms with Crippen LogP contribution in [0, 0.1) is 5.92 Å². The van der Waals surface area contributed by atoms with Crippen molar-refractivity contribution in [3.63, 3.8) is 0 Å². The van der Waals surface area contributed by atoms with Gasteiger partial charge in [0.15, 0.2) is 5.78 Å². The number of aromatic nitrogens is 2. The summed E-state index contributed by atoms with van der Waals surface area (Å²) in [6.45, 7) is 0. The molecule has 0 amide bonds. The normalized spacial score (nSPS) is 18.0. The molecular weight excluding hydrogens is 264 g/mol. The monoisotopic (exact) mass is 286 g/mol. The third-order valence-corrected chi connectivity index (χ3v) is 4.60. The number of benzene rings is 1. The van der Waals surface area contributed by atoms with Crippen LogP contribution in [0.2, 0.25) is 0 Å². The Morgan fingerprint density at radius 1 is 1.33 bits per heavy atom. The molecular formula is C17H22N2O2. The van der Waals surface area contributed by atoms with Crippen molar-refractivity contribution >= 4 is 16.7 Å². The smallest absolute Gasteiger partial charge is 0.167 e. The highest BCUT2D eigenvalue weighted by atomic mass is 16.3. The maximum Gasteiger partial charge on any atom is 0.167 e. The van der Waals surface area contributed by atoms with Crippen LogP contribution in [0.3, 0.4) is 0 Å².